The number of hydrogen-bond donors (Lipinski definition) is 0. The second-order valence-corrected chi connectivity index (χ2v) is 3.76. The summed E-state index contributed by atoms with van der Waals surface area (Å²) in [6.07, 6.45) is 1.55. The van der Waals surface area contributed by atoms with Gasteiger partial charge < -0.3 is 4.74 Å². The average Bonchev–Trinajstić information content (AvgIpc) is 2.47. The highest BCUT2D eigenvalue weighted by atomic mass is 32.1. The molecule has 0 atom stereocenters. The van der Waals surface area contributed by atoms with Gasteiger partial charge in [0, 0.05) is 4.88 Å². The second kappa shape index (κ2) is 4.37. The maximum atomic E-state index is 13.1. The number of rotatable bonds is 3. The minimum Gasteiger partial charge on any atom is -0.465 e. The van der Waals surface area contributed by atoms with E-state index < -0.39 is 5.97 Å². The second-order valence-electron chi connectivity index (χ2n) is 2.62. The lowest BCUT2D eigenvalue weighted by Crippen LogP contribution is -1.96. The fourth-order valence-corrected chi connectivity index (χ4v) is 2.06. The molecule has 0 unspecified atom stereocenters. The molecule has 0 aliphatic rings. The number of esters is 1. The molecule has 0 bridgehead atoms. The third-order valence-electron chi connectivity index (χ3n) is 1.62. The van der Waals surface area contributed by atoms with Crippen LogP contribution in [0.25, 0.3) is 0 Å². The van der Waals surface area contributed by atoms with Crippen LogP contribution in [-0.4, -0.2) is 13.1 Å². The highest BCUT2D eigenvalue weighted by Crippen LogP contribution is 2.22. The molecule has 0 spiro atoms. The van der Waals surface area contributed by atoms with Gasteiger partial charge in [0.15, 0.2) is 0 Å². The number of aryl methyl sites for hydroxylation is 1. The highest BCUT2D eigenvalue weighted by Gasteiger charge is 2.13. The van der Waals surface area contributed by atoms with Crippen LogP contribution >= 0.6 is 11.3 Å². The van der Waals surface area contributed by atoms with Crippen LogP contribution in [0.3, 0.4) is 0 Å². The molecule has 0 aromatic carbocycles. The molecule has 1 heterocycles. The first-order valence-electron chi connectivity index (χ1n) is 4.05. The van der Waals surface area contributed by atoms with E-state index in [4.69, 9.17) is 0 Å². The molecule has 4 heteroatoms. The van der Waals surface area contributed by atoms with Gasteiger partial charge in [-0.15, -0.1) is 11.3 Å². The fourth-order valence-electron chi connectivity index (χ4n) is 1.01. The third-order valence-corrected chi connectivity index (χ3v) is 2.77. The first-order chi connectivity index (χ1) is 6.19. The zero-order valence-electron chi connectivity index (χ0n) is 7.59. The maximum absolute atomic E-state index is 13.1. The molecule has 0 saturated carbocycles. The lowest BCUT2D eigenvalue weighted by molar-refractivity contribution is 0.0606. The summed E-state index contributed by atoms with van der Waals surface area (Å²) in [5.41, 5.74) is 0. The number of hydrogen-bond acceptors (Lipinski definition) is 3. The zero-order valence-corrected chi connectivity index (χ0v) is 8.41. The quantitative estimate of drug-likeness (QED) is 0.704. The average molecular weight is 202 g/mol. The number of carbonyl (C=O) groups is 1. The van der Waals surface area contributed by atoms with Gasteiger partial charge in [-0.25, -0.2) is 9.18 Å². The first-order valence-corrected chi connectivity index (χ1v) is 4.87. The minimum absolute atomic E-state index is 0.299. The summed E-state index contributed by atoms with van der Waals surface area (Å²) in [7, 11) is 1.29. The Labute approximate surface area is 80.3 Å². The lowest BCUT2D eigenvalue weighted by Gasteiger charge is -1.92. The van der Waals surface area contributed by atoms with Crippen molar-refractivity contribution in [1.82, 2.24) is 0 Å². The van der Waals surface area contributed by atoms with E-state index >= 15 is 0 Å². The number of carbonyl (C=O) groups excluding carboxylic acids is 1. The fraction of sp³-hybridized carbons (Fsp3) is 0.444. The van der Waals surface area contributed by atoms with Crippen molar-refractivity contribution in [2.24, 2.45) is 0 Å². The molecule has 0 aliphatic heterocycles. The molecular formula is C9H11FO2S. The molecule has 0 N–H and O–H groups in total. The Hall–Kier alpha value is -0.900. The van der Waals surface area contributed by atoms with Crippen LogP contribution in [0.4, 0.5) is 4.39 Å². The molecule has 2 nitrogen and oxygen atoms in total. The first kappa shape index (κ1) is 10.2. The molecule has 13 heavy (non-hydrogen) atoms. The smallest absolute Gasteiger partial charge is 0.348 e. The van der Waals surface area contributed by atoms with Gasteiger partial charge in [0.05, 0.1) is 7.11 Å². The Bertz CT molecular complexity index is 307. The Morgan fingerprint density at radius 3 is 2.92 bits per heavy atom. The van der Waals surface area contributed by atoms with Crippen molar-refractivity contribution in [3.8, 4) is 0 Å². The Balaban J connectivity index is 2.88. The monoisotopic (exact) mass is 202 g/mol. The van der Waals surface area contributed by atoms with Crippen LogP contribution in [0.15, 0.2) is 6.07 Å². The number of thiophene rings is 1. The summed E-state index contributed by atoms with van der Waals surface area (Å²) in [6, 6.07) is 1.24. The minimum atomic E-state index is -0.466. The van der Waals surface area contributed by atoms with E-state index in [2.05, 4.69) is 4.74 Å². The highest BCUT2D eigenvalue weighted by molar-refractivity contribution is 7.13. The van der Waals surface area contributed by atoms with Gasteiger partial charge in [-0.1, -0.05) is 13.3 Å². The van der Waals surface area contributed by atoms with Crippen LogP contribution in [0.2, 0.25) is 0 Å². The van der Waals surface area contributed by atoms with Crippen LogP contribution < -0.4 is 0 Å². The lowest BCUT2D eigenvalue weighted by atomic mass is 10.3. The summed E-state index contributed by atoms with van der Waals surface area (Å²) in [6.45, 7) is 1.97. The van der Waals surface area contributed by atoms with Crippen molar-refractivity contribution < 1.29 is 13.9 Å². The maximum Gasteiger partial charge on any atom is 0.348 e. The Morgan fingerprint density at radius 1 is 1.69 bits per heavy atom. The van der Waals surface area contributed by atoms with Crippen molar-refractivity contribution >= 4 is 17.3 Å². The van der Waals surface area contributed by atoms with Crippen molar-refractivity contribution in [3.63, 3.8) is 0 Å². The van der Waals surface area contributed by atoms with Gasteiger partial charge in [0.2, 0.25) is 0 Å². The summed E-state index contributed by atoms with van der Waals surface area (Å²) < 4.78 is 17.6. The van der Waals surface area contributed by atoms with Crippen molar-refractivity contribution in [2.75, 3.05) is 7.11 Å². The van der Waals surface area contributed by atoms with Crippen LogP contribution in [0.5, 0.6) is 0 Å². The molecule has 0 amide bonds. The molecule has 1 aromatic heterocycles. The summed E-state index contributed by atoms with van der Waals surface area (Å²) in [5, 5.41) is 0. The largest absolute Gasteiger partial charge is 0.465 e. The van der Waals surface area contributed by atoms with E-state index in [0.717, 1.165) is 6.42 Å². The Morgan fingerprint density at radius 2 is 2.38 bits per heavy atom. The molecule has 1 rings (SSSR count). The van der Waals surface area contributed by atoms with Crippen molar-refractivity contribution in [3.05, 3.63) is 21.6 Å². The van der Waals surface area contributed by atoms with Gasteiger partial charge in [-0.3, -0.25) is 0 Å². The predicted octanol–water partition coefficient (Wildman–Crippen LogP) is 2.63. The molecule has 0 saturated heterocycles. The van der Waals surface area contributed by atoms with Gasteiger partial charge >= 0.3 is 5.97 Å². The number of methoxy groups -OCH3 is 1. The molecule has 1 aromatic rings. The number of ether oxygens (including phenoxy) is 1. The summed E-state index contributed by atoms with van der Waals surface area (Å²) in [4.78, 5) is 12.0. The summed E-state index contributed by atoms with van der Waals surface area (Å²) >= 11 is 1.17. The van der Waals surface area contributed by atoms with Crippen LogP contribution in [0.1, 0.15) is 27.9 Å². The standard InChI is InChI=1S/C9H11FO2S/c1-3-4-7-6(10)5-8(13-7)9(11)12-2/h5H,3-4H2,1-2H3. The van der Waals surface area contributed by atoms with E-state index in [0.29, 0.717) is 16.2 Å². The van der Waals surface area contributed by atoms with E-state index in [1.165, 1.54) is 24.5 Å². The topological polar surface area (TPSA) is 26.3 Å². The molecule has 0 radical (unpaired) electrons. The number of halogens is 1. The van der Waals surface area contributed by atoms with E-state index in [1.54, 1.807) is 0 Å². The SMILES string of the molecule is CCCc1sc(C(=O)OC)cc1F. The van der Waals surface area contributed by atoms with Crippen molar-refractivity contribution in [1.29, 1.82) is 0 Å². The summed E-state index contributed by atoms with van der Waals surface area (Å²) in [5.74, 6) is -0.765. The molecule has 0 aliphatic carbocycles. The molecule has 72 valence electrons. The third kappa shape index (κ3) is 2.28. The van der Waals surface area contributed by atoms with E-state index in [9.17, 15) is 9.18 Å². The predicted molar refractivity (Wildman–Crippen MR) is 49.6 cm³/mol. The van der Waals surface area contributed by atoms with Crippen LogP contribution in [-0.2, 0) is 11.2 Å². The van der Waals surface area contributed by atoms with Gasteiger partial charge in [-0.05, 0) is 12.5 Å². The normalized spacial score (nSPS) is 10.1. The Kier molecular flexibility index (Phi) is 3.42. The van der Waals surface area contributed by atoms with Gasteiger partial charge in [0.1, 0.15) is 10.7 Å². The van der Waals surface area contributed by atoms with Gasteiger partial charge in [0.25, 0.3) is 0 Å². The van der Waals surface area contributed by atoms with Crippen molar-refractivity contribution in [2.45, 2.75) is 19.8 Å². The molecular weight excluding hydrogens is 191 g/mol. The van der Waals surface area contributed by atoms with E-state index in [1.807, 2.05) is 6.92 Å². The zero-order chi connectivity index (χ0) is 9.84. The van der Waals surface area contributed by atoms with E-state index in [-0.39, 0.29) is 5.82 Å². The van der Waals surface area contributed by atoms with Crippen LogP contribution in [0, 0.1) is 5.82 Å². The van der Waals surface area contributed by atoms with Gasteiger partial charge in [-0.2, -0.15) is 0 Å². The molecule has 0 fully saturated rings.